The zero-order valence-electron chi connectivity index (χ0n) is 9.03. The van der Waals surface area contributed by atoms with Crippen LogP contribution in [0.4, 0.5) is 5.95 Å². The molecular formula is C9H18N4O. The quantitative estimate of drug-likeness (QED) is 0.752. The smallest absolute Gasteiger partial charge is 0.265 e. The summed E-state index contributed by atoms with van der Waals surface area (Å²) in [7, 11) is 3.77. The lowest BCUT2D eigenvalue weighted by atomic mass is 10.1. The van der Waals surface area contributed by atoms with Crippen molar-refractivity contribution in [2.75, 3.05) is 25.5 Å². The van der Waals surface area contributed by atoms with Crippen LogP contribution in [0, 0.1) is 5.92 Å². The predicted octanol–water partition coefficient (Wildman–Crippen LogP) is 0.663. The molecule has 1 atom stereocenters. The average Bonchev–Trinajstić information content (AvgIpc) is 2.62. The summed E-state index contributed by atoms with van der Waals surface area (Å²) in [5, 5.41) is 3.83. The molecule has 1 aromatic heterocycles. The minimum Gasteiger partial charge on any atom is -0.344 e. The molecule has 0 fully saturated rings. The van der Waals surface area contributed by atoms with Crippen LogP contribution in [0.1, 0.15) is 19.2 Å². The van der Waals surface area contributed by atoms with E-state index >= 15 is 0 Å². The molecule has 0 amide bonds. The van der Waals surface area contributed by atoms with E-state index in [2.05, 4.69) is 17.1 Å². The van der Waals surface area contributed by atoms with Crippen LogP contribution in [0.3, 0.4) is 0 Å². The molecule has 0 bridgehead atoms. The van der Waals surface area contributed by atoms with Gasteiger partial charge in [-0.05, 0) is 24.0 Å². The summed E-state index contributed by atoms with van der Waals surface area (Å²) in [5.41, 5.74) is 5.51. The van der Waals surface area contributed by atoms with Gasteiger partial charge in [0.1, 0.15) is 0 Å². The Balaban J connectivity index is 2.44. The van der Waals surface area contributed by atoms with Gasteiger partial charge in [-0.2, -0.15) is 4.98 Å². The minimum atomic E-state index is 0.504. The standard InChI is InChI=1S/C9H18N4O/c1-7(6-10)4-5-8-11-9(12-14-8)13(2)3/h7H,4-6,10H2,1-3H3. The van der Waals surface area contributed by atoms with E-state index in [1.54, 1.807) is 0 Å². The molecule has 14 heavy (non-hydrogen) atoms. The van der Waals surface area contributed by atoms with E-state index < -0.39 is 0 Å². The number of nitrogens with zero attached hydrogens (tertiary/aromatic N) is 3. The highest BCUT2D eigenvalue weighted by Gasteiger charge is 2.08. The second kappa shape index (κ2) is 4.95. The van der Waals surface area contributed by atoms with Gasteiger partial charge in [-0.25, -0.2) is 0 Å². The summed E-state index contributed by atoms with van der Waals surface area (Å²) in [6.45, 7) is 2.82. The third-order valence-corrected chi connectivity index (χ3v) is 2.11. The lowest BCUT2D eigenvalue weighted by molar-refractivity contribution is 0.365. The van der Waals surface area contributed by atoms with Crippen LogP contribution in [0.2, 0.25) is 0 Å². The number of hydrogen-bond donors (Lipinski definition) is 1. The summed E-state index contributed by atoms with van der Waals surface area (Å²) in [6.07, 6.45) is 1.80. The van der Waals surface area contributed by atoms with E-state index in [0.717, 1.165) is 12.8 Å². The van der Waals surface area contributed by atoms with E-state index in [1.807, 2.05) is 19.0 Å². The van der Waals surface area contributed by atoms with Gasteiger partial charge in [-0.15, -0.1) is 0 Å². The molecule has 0 saturated heterocycles. The van der Waals surface area contributed by atoms with Gasteiger partial charge >= 0.3 is 0 Å². The molecular weight excluding hydrogens is 180 g/mol. The van der Waals surface area contributed by atoms with E-state index in [0.29, 0.717) is 24.3 Å². The third-order valence-electron chi connectivity index (χ3n) is 2.11. The topological polar surface area (TPSA) is 68.2 Å². The fourth-order valence-electron chi connectivity index (χ4n) is 1.02. The van der Waals surface area contributed by atoms with Gasteiger partial charge in [0, 0.05) is 20.5 Å². The van der Waals surface area contributed by atoms with E-state index in [9.17, 15) is 0 Å². The molecule has 0 aromatic carbocycles. The second-order valence-electron chi connectivity index (χ2n) is 3.76. The Kier molecular flexibility index (Phi) is 3.88. The van der Waals surface area contributed by atoms with Crippen molar-refractivity contribution >= 4 is 5.95 Å². The van der Waals surface area contributed by atoms with Crippen LogP contribution >= 0.6 is 0 Å². The Morgan fingerprint density at radius 2 is 2.21 bits per heavy atom. The highest BCUT2D eigenvalue weighted by atomic mass is 16.5. The summed E-state index contributed by atoms with van der Waals surface area (Å²) in [5.74, 6) is 1.82. The fourth-order valence-corrected chi connectivity index (χ4v) is 1.02. The lowest BCUT2D eigenvalue weighted by Crippen LogP contribution is -2.12. The maximum absolute atomic E-state index is 5.51. The van der Waals surface area contributed by atoms with Crippen molar-refractivity contribution in [3.05, 3.63) is 5.89 Å². The Labute approximate surface area is 84.3 Å². The number of aromatic nitrogens is 2. The first-order chi connectivity index (χ1) is 6.63. The zero-order valence-corrected chi connectivity index (χ0v) is 9.03. The Bertz CT molecular complexity index is 272. The number of anilines is 1. The molecule has 0 spiro atoms. The molecule has 1 unspecified atom stereocenters. The van der Waals surface area contributed by atoms with Crippen LogP contribution in [0.5, 0.6) is 0 Å². The normalized spacial score (nSPS) is 12.9. The van der Waals surface area contributed by atoms with Crippen molar-refractivity contribution in [1.82, 2.24) is 10.1 Å². The lowest BCUT2D eigenvalue weighted by Gasteiger charge is -2.04. The zero-order chi connectivity index (χ0) is 10.6. The number of aryl methyl sites for hydroxylation is 1. The van der Waals surface area contributed by atoms with E-state index in [1.165, 1.54) is 0 Å². The summed E-state index contributed by atoms with van der Waals surface area (Å²) >= 11 is 0. The third kappa shape index (κ3) is 2.99. The molecule has 2 N–H and O–H groups in total. The molecule has 5 nitrogen and oxygen atoms in total. The van der Waals surface area contributed by atoms with E-state index in [-0.39, 0.29) is 0 Å². The summed E-state index contributed by atoms with van der Waals surface area (Å²) in [6, 6.07) is 0. The van der Waals surface area contributed by atoms with Crippen molar-refractivity contribution in [2.24, 2.45) is 11.7 Å². The van der Waals surface area contributed by atoms with Crippen LogP contribution in [-0.2, 0) is 6.42 Å². The summed E-state index contributed by atoms with van der Waals surface area (Å²) < 4.78 is 5.08. The first-order valence-electron chi connectivity index (χ1n) is 4.83. The molecule has 0 aliphatic heterocycles. The maximum atomic E-state index is 5.51. The Morgan fingerprint density at radius 1 is 1.50 bits per heavy atom. The Hall–Kier alpha value is -1.10. The van der Waals surface area contributed by atoms with Gasteiger partial charge in [0.15, 0.2) is 0 Å². The molecule has 1 heterocycles. The molecule has 5 heteroatoms. The molecule has 80 valence electrons. The first-order valence-corrected chi connectivity index (χ1v) is 4.83. The number of nitrogens with two attached hydrogens (primary N) is 1. The monoisotopic (exact) mass is 198 g/mol. The largest absolute Gasteiger partial charge is 0.344 e. The van der Waals surface area contributed by atoms with E-state index in [4.69, 9.17) is 10.3 Å². The molecule has 0 radical (unpaired) electrons. The highest BCUT2D eigenvalue weighted by molar-refractivity contribution is 5.23. The highest BCUT2D eigenvalue weighted by Crippen LogP contribution is 2.10. The predicted molar refractivity (Wildman–Crippen MR) is 55.2 cm³/mol. The Morgan fingerprint density at radius 3 is 2.71 bits per heavy atom. The minimum absolute atomic E-state index is 0.504. The van der Waals surface area contributed by atoms with Gasteiger partial charge in [-0.1, -0.05) is 6.92 Å². The SMILES string of the molecule is CC(CN)CCc1nc(N(C)C)no1. The molecule has 0 aliphatic rings. The van der Waals surface area contributed by atoms with Crippen molar-refractivity contribution in [3.8, 4) is 0 Å². The van der Waals surface area contributed by atoms with Gasteiger partial charge in [0.25, 0.3) is 5.95 Å². The van der Waals surface area contributed by atoms with Crippen LogP contribution in [0.25, 0.3) is 0 Å². The van der Waals surface area contributed by atoms with Gasteiger partial charge in [0.2, 0.25) is 5.89 Å². The van der Waals surface area contributed by atoms with Gasteiger partial charge < -0.3 is 15.2 Å². The van der Waals surface area contributed by atoms with Crippen molar-refractivity contribution in [1.29, 1.82) is 0 Å². The average molecular weight is 198 g/mol. The first kappa shape index (κ1) is 11.0. The van der Waals surface area contributed by atoms with Crippen LogP contribution in [0.15, 0.2) is 4.52 Å². The molecule has 0 saturated carbocycles. The fraction of sp³-hybridized carbons (Fsp3) is 0.778. The van der Waals surface area contributed by atoms with Crippen molar-refractivity contribution in [2.45, 2.75) is 19.8 Å². The van der Waals surface area contributed by atoms with Crippen molar-refractivity contribution < 1.29 is 4.52 Å². The maximum Gasteiger partial charge on any atom is 0.265 e. The molecule has 1 rings (SSSR count). The van der Waals surface area contributed by atoms with Gasteiger partial charge in [-0.3, -0.25) is 0 Å². The van der Waals surface area contributed by atoms with Crippen LogP contribution in [-0.4, -0.2) is 30.8 Å². The molecule has 1 aromatic rings. The summed E-state index contributed by atoms with van der Waals surface area (Å²) in [4.78, 5) is 6.04. The molecule has 0 aliphatic carbocycles. The van der Waals surface area contributed by atoms with Crippen molar-refractivity contribution in [3.63, 3.8) is 0 Å². The van der Waals surface area contributed by atoms with Gasteiger partial charge in [0.05, 0.1) is 0 Å². The van der Waals surface area contributed by atoms with Crippen LogP contribution < -0.4 is 10.6 Å². The number of rotatable bonds is 5. The second-order valence-corrected chi connectivity index (χ2v) is 3.76. The number of hydrogen-bond acceptors (Lipinski definition) is 5.